The Morgan fingerprint density at radius 3 is 2.03 bits per heavy atom. The van der Waals surface area contributed by atoms with E-state index in [4.69, 9.17) is 0 Å². The monoisotopic (exact) mass is 469 g/mol. The largest absolute Gasteiger partial charge is 0.368 e. The average Bonchev–Trinajstić information content (AvgIpc) is 2.91. The molecule has 5 rings (SSSR count). The minimum absolute atomic E-state index is 0.0463. The Labute approximate surface area is 204 Å². The number of urea groups is 1. The topological polar surface area (TPSA) is 76.2 Å². The second kappa shape index (κ2) is 9.89. The summed E-state index contributed by atoms with van der Waals surface area (Å²) in [6.45, 7) is 2.51. The van der Waals surface area contributed by atoms with Crippen LogP contribution in [-0.4, -0.2) is 62.0 Å². The summed E-state index contributed by atoms with van der Waals surface area (Å²) in [4.78, 5) is 46.2. The van der Waals surface area contributed by atoms with Gasteiger partial charge in [-0.05, 0) is 36.4 Å². The molecule has 4 amide bonds. The number of nitrogens with zero attached hydrogens (tertiary/aromatic N) is 4. The molecule has 2 aliphatic heterocycles. The predicted molar refractivity (Wildman–Crippen MR) is 137 cm³/mol. The number of carbonyl (C=O) groups is 3. The molecule has 1 fully saturated rings. The standard InChI is InChI=1S/C27H27N5O3/c33-25(30-17-15-29(16-18-30)22-11-5-2-6-12-22)19-31-23-13-7-8-14-24(23)32(20-26(31)34)27(35)28-21-9-3-1-4-10-21/h1-14H,15-20H2,(H,28,35). The fourth-order valence-corrected chi connectivity index (χ4v) is 4.52. The Balaban J connectivity index is 1.27. The molecule has 178 valence electrons. The van der Waals surface area contributed by atoms with Crippen LogP contribution in [-0.2, 0) is 9.59 Å². The molecular formula is C27H27N5O3. The molecule has 0 saturated carbocycles. The van der Waals surface area contributed by atoms with Crippen molar-refractivity contribution in [1.82, 2.24) is 4.90 Å². The summed E-state index contributed by atoms with van der Waals surface area (Å²) in [5, 5.41) is 2.83. The highest BCUT2D eigenvalue weighted by atomic mass is 16.2. The molecule has 2 heterocycles. The van der Waals surface area contributed by atoms with Crippen molar-refractivity contribution in [3.8, 4) is 0 Å². The van der Waals surface area contributed by atoms with E-state index in [2.05, 4.69) is 22.3 Å². The van der Waals surface area contributed by atoms with Crippen LogP contribution in [0.4, 0.5) is 27.5 Å². The molecule has 0 spiro atoms. The van der Waals surface area contributed by atoms with Gasteiger partial charge in [0.05, 0.1) is 11.4 Å². The van der Waals surface area contributed by atoms with Crippen LogP contribution in [0.15, 0.2) is 84.9 Å². The van der Waals surface area contributed by atoms with E-state index in [0.29, 0.717) is 30.2 Å². The van der Waals surface area contributed by atoms with Gasteiger partial charge in [0, 0.05) is 37.6 Å². The Morgan fingerprint density at radius 2 is 1.34 bits per heavy atom. The Bertz CT molecular complexity index is 1210. The van der Waals surface area contributed by atoms with Gasteiger partial charge in [-0.2, -0.15) is 0 Å². The van der Waals surface area contributed by atoms with E-state index in [1.54, 1.807) is 30.3 Å². The van der Waals surface area contributed by atoms with Crippen molar-refractivity contribution in [2.24, 2.45) is 0 Å². The number of benzene rings is 3. The van der Waals surface area contributed by atoms with Crippen molar-refractivity contribution in [2.45, 2.75) is 0 Å². The van der Waals surface area contributed by atoms with Gasteiger partial charge in [0.2, 0.25) is 11.8 Å². The summed E-state index contributed by atoms with van der Waals surface area (Å²) in [6, 6.07) is 26.1. The summed E-state index contributed by atoms with van der Waals surface area (Å²) in [5.41, 5.74) is 2.95. The fourth-order valence-electron chi connectivity index (χ4n) is 4.52. The first-order valence-corrected chi connectivity index (χ1v) is 11.7. The minimum Gasteiger partial charge on any atom is -0.368 e. The molecule has 0 aromatic heterocycles. The number of piperazine rings is 1. The van der Waals surface area contributed by atoms with E-state index in [-0.39, 0.29) is 30.9 Å². The van der Waals surface area contributed by atoms with E-state index in [0.717, 1.165) is 18.8 Å². The smallest absolute Gasteiger partial charge is 0.326 e. The highest BCUT2D eigenvalue weighted by molar-refractivity contribution is 6.15. The number of hydrogen-bond acceptors (Lipinski definition) is 4. The second-order valence-corrected chi connectivity index (χ2v) is 8.55. The van der Waals surface area contributed by atoms with Crippen LogP contribution in [0.1, 0.15) is 0 Å². The van der Waals surface area contributed by atoms with Crippen molar-refractivity contribution in [3.63, 3.8) is 0 Å². The third-order valence-corrected chi connectivity index (χ3v) is 6.38. The lowest BCUT2D eigenvalue weighted by Gasteiger charge is -2.39. The molecule has 0 aliphatic carbocycles. The number of anilines is 4. The van der Waals surface area contributed by atoms with Gasteiger partial charge in [0.1, 0.15) is 13.1 Å². The van der Waals surface area contributed by atoms with Gasteiger partial charge in [-0.15, -0.1) is 0 Å². The van der Waals surface area contributed by atoms with Crippen LogP contribution in [0.3, 0.4) is 0 Å². The number of rotatable bonds is 4. The zero-order valence-corrected chi connectivity index (χ0v) is 19.3. The summed E-state index contributed by atoms with van der Waals surface area (Å²) in [6.07, 6.45) is 0. The van der Waals surface area contributed by atoms with E-state index in [9.17, 15) is 14.4 Å². The molecule has 1 N–H and O–H groups in total. The Hall–Kier alpha value is -4.33. The van der Waals surface area contributed by atoms with Crippen molar-refractivity contribution in [3.05, 3.63) is 84.9 Å². The predicted octanol–water partition coefficient (Wildman–Crippen LogP) is 3.42. The number of amides is 4. The zero-order chi connectivity index (χ0) is 24.2. The molecule has 3 aromatic rings. The quantitative estimate of drug-likeness (QED) is 0.635. The van der Waals surface area contributed by atoms with Gasteiger partial charge < -0.3 is 15.1 Å². The lowest BCUT2D eigenvalue weighted by atomic mass is 10.1. The van der Waals surface area contributed by atoms with Crippen molar-refractivity contribution in [1.29, 1.82) is 0 Å². The third-order valence-electron chi connectivity index (χ3n) is 6.38. The van der Waals surface area contributed by atoms with Gasteiger partial charge in [-0.1, -0.05) is 48.5 Å². The Kier molecular flexibility index (Phi) is 6.34. The molecule has 0 bridgehead atoms. The first kappa shape index (κ1) is 22.5. The van der Waals surface area contributed by atoms with Crippen molar-refractivity contribution in [2.75, 3.05) is 59.3 Å². The summed E-state index contributed by atoms with van der Waals surface area (Å²) in [7, 11) is 0. The zero-order valence-electron chi connectivity index (χ0n) is 19.3. The summed E-state index contributed by atoms with van der Waals surface area (Å²) >= 11 is 0. The molecule has 0 unspecified atom stereocenters. The molecule has 0 radical (unpaired) electrons. The maximum absolute atomic E-state index is 13.1. The third kappa shape index (κ3) is 4.82. The van der Waals surface area contributed by atoms with Crippen LogP contribution in [0.5, 0.6) is 0 Å². The highest BCUT2D eigenvalue weighted by Gasteiger charge is 2.34. The fraction of sp³-hybridized carbons (Fsp3) is 0.222. The number of para-hydroxylation sites is 4. The molecule has 1 saturated heterocycles. The van der Waals surface area contributed by atoms with Gasteiger partial charge in [0.15, 0.2) is 0 Å². The minimum atomic E-state index is -0.389. The molecule has 3 aromatic carbocycles. The second-order valence-electron chi connectivity index (χ2n) is 8.55. The van der Waals surface area contributed by atoms with Crippen LogP contribution >= 0.6 is 0 Å². The highest BCUT2D eigenvalue weighted by Crippen LogP contribution is 2.34. The van der Waals surface area contributed by atoms with Crippen LogP contribution in [0.25, 0.3) is 0 Å². The number of nitrogens with one attached hydrogen (secondary N) is 1. The lowest BCUT2D eigenvalue weighted by Crippen LogP contribution is -2.55. The molecular weight excluding hydrogens is 442 g/mol. The Morgan fingerprint density at radius 1 is 0.743 bits per heavy atom. The van der Waals surface area contributed by atoms with Crippen LogP contribution in [0.2, 0.25) is 0 Å². The number of hydrogen-bond donors (Lipinski definition) is 1. The van der Waals surface area contributed by atoms with Crippen molar-refractivity contribution >= 4 is 40.6 Å². The van der Waals surface area contributed by atoms with E-state index in [1.807, 2.05) is 47.4 Å². The van der Waals surface area contributed by atoms with Crippen molar-refractivity contribution < 1.29 is 14.4 Å². The van der Waals surface area contributed by atoms with E-state index >= 15 is 0 Å². The van der Waals surface area contributed by atoms with Gasteiger partial charge >= 0.3 is 6.03 Å². The van der Waals surface area contributed by atoms with Gasteiger partial charge in [0.25, 0.3) is 0 Å². The van der Waals surface area contributed by atoms with Gasteiger partial charge in [-0.25, -0.2) is 4.79 Å². The summed E-state index contributed by atoms with van der Waals surface area (Å²) < 4.78 is 0. The summed E-state index contributed by atoms with van der Waals surface area (Å²) in [5.74, 6) is -0.383. The molecule has 0 atom stereocenters. The van der Waals surface area contributed by atoms with Gasteiger partial charge in [-0.3, -0.25) is 19.4 Å². The molecule has 8 heteroatoms. The molecule has 2 aliphatic rings. The van der Waals surface area contributed by atoms with E-state index < -0.39 is 0 Å². The first-order chi connectivity index (χ1) is 17.1. The maximum atomic E-state index is 13.1. The lowest BCUT2D eigenvalue weighted by molar-refractivity contribution is -0.131. The normalized spacial score (nSPS) is 15.6. The molecule has 35 heavy (non-hydrogen) atoms. The SMILES string of the molecule is O=C(CN1C(=O)CN(C(=O)Nc2ccccc2)c2ccccc21)N1CCN(c2ccccc2)CC1. The average molecular weight is 470 g/mol. The number of carbonyl (C=O) groups excluding carboxylic acids is 3. The van der Waals surface area contributed by atoms with Crippen LogP contribution < -0.4 is 20.0 Å². The van der Waals surface area contributed by atoms with E-state index in [1.165, 1.54) is 9.80 Å². The first-order valence-electron chi connectivity index (χ1n) is 11.7. The van der Waals surface area contributed by atoms with Crippen LogP contribution in [0, 0.1) is 0 Å². The molecule has 8 nitrogen and oxygen atoms in total. The number of fused-ring (bicyclic) bond motifs is 1. The maximum Gasteiger partial charge on any atom is 0.326 e.